The molecule has 5 nitrogen and oxygen atoms in total. The summed E-state index contributed by atoms with van der Waals surface area (Å²) in [6.45, 7) is 0. The minimum atomic E-state index is -0.00886. The first-order valence-electron chi connectivity index (χ1n) is 9.88. The van der Waals surface area contributed by atoms with Crippen LogP contribution in [-0.2, 0) is 12.8 Å². The highest BCUT2D eigenvalue weighted by Crippen LogP contribution is 2.34. The zero-order valence-corrected chi connectivity index (χ0v) is 16.5. The summed E-state index contributed by atoms with van der Waals surface area (Å²) in [5, 5.41) is 5.61. The molecule has 0 saturated carbocycles. The molecule has 0 N–H and O–H groups in total. The third-order valence-electron chi connectivity index (χ3n) is 5.60. The van der Waals surface area contributed by atoms with Crippen LogP contribution in [0.25, 0.3) is 33.1 Å². The van der Waals surface area contributed by atoms with Gasteiger partial charge in [0.05, 0.1) is 11.1 Å². The first-order valence-corrected chi connectivity index (χ1v) is 10.7. The van der Waals surface area contributed by atoms with E-state index in [0.29, 0.717) is 11.6 Å². The number of nitrogens with zero attached hydrogens (tertiary/aromatic N) is 4. The molecule has 0 unspecified atom stereocenters. The van der Waals surface area contributed by atoms with Crippen LogP contribution in [0, 0.1) is 0 Å². The average molecular weight is 398 g/mol. The van der Waals surface area contributed by atoms with Crippen molar-refractivity contribution < 1.29 is 0 Å². The smallest absolute Gasteiger partial charge is 0.268 e. The van der Waals surface area contributed by atoms with Gasteiger partial charge in [-0.15, -0.1) is 16.4 Å². The number of aromatic nitrogens is 4. The fourth-order valence-electron chi connectivity index (χ4n) is 4.23. The van der Waals surface area contributed by atoms with Crippen LogP contribution in [0.2, 0.25) is 0 Å². The van der Waals surface area contributed by atoms with Crippen LogP contribution in [0.15, 0.2) is 65.5 Å². The summed E-state index contributed by atoms with van der Waals surface area (Å²) in [4.78, 5) is 20.8. The van der Waals surface area contributed by atoms with E-state index in [4.69, 9.17) is 10.1 Å². The number of hydrogen-bond donors (Lipinski definition) is 0. The molecule has 5 aromatic rings. The normalized spacial score (nSPS) is 13.8. The third kappa shape index (κ3) is 2.49. The van der Waals surface area contributed by atoms with Crippen LogP contribution in [0.3, 0.4) is 0 Å². The van der Waals surface area contributed by atoms with Crippen molar-refractivity contribution >= 4 is 27.3 Å². The lowest BCUT2D eigenvalue weighted by Gasteiger charge is -2.09. The number of thiophene rings is 1. The van der Waals surface area contributed by atoms with Gasteiger partial charge in [-0.25, -0.2) is 9.38 Å². The fraction of sp³-hybridized carbons (Fsp3) is 0.174. The van der Waals surface area contributed by atoms with Crippen molar-refractivity contribution in [3.63, 3.8) is 0 Å². The number of hydrogen-bond acceptors (Lipinski definition) is 4. The van der Waals surface area contributed by atoms with E-state index >= 15 is 0 Å². The van der Waals surface area contributed by atoms with E-state index in [1.54, 1.807) is 20.4 Å². The van der Waals surface area contributed by atoms with E-state index in [-0.39, 0.29) is 5.56 Å². The molecule has 0 aliphatic heterocycles. The number of rotatable bonds is 2. The van der Waals surface area contributed by atoms with E-state index in [9.17, 15) is 4.79 Å². The number of para-hydroxylation sites is 1. The maximum atomic E-state index is 13.7. The second kappa shape index (κ2) is 6.39. The van der Waals surface area contributed by atoms with Gasteiger partial charge >= 0.3 is 0 Å². The molecule has 0 fully saturated rings. The van der Waals surface area contributed by atoms with Crippen LogP contribution < -0.4 is 5.56 Å². The highest BCUT2D eigenvalue weighted by Gasteiger charge is 2.24. The molecule has 1 aliphatic rings. The predicted molar refractivity (Wildman–Crippen MR) is 116 cm³/mol. The largest absolute Gasteiger partial charge is 0.269 e. The predicted octanol–water partition coefficient (Wildman–Crippen LogP) is 4.64. The Labute approximate surface area is 170 Å². The summed E-state index contributed by atoms with van der Waals surface area (Å²) >= 11 is 1.67. The van der Waals surface area contributed by atoms with Crippen molar-refractivity contribution in [3.8, 4) is 17.1 Å². The van der Waals surface area contributed by atoms with E-state index < -0.39 is 0 Å². The Morgan fingerprint density at radius 1 is 0.897 bits per heavy atom. The molecule has 0 atom stereocenters. The van der Waals surface area contributed by atoms with Gasteiger partial charge in [-0.2, -0.15) is 4.68 Å². The summed E-state index contributed by atoms with van der Waals surface area (Å²) in [6, 6.07) is 19.7. The molecule has 6 heteroatoms. The molecular weight excluding hydrogens is 380 g/mol. The van der Waals surface area contributed by atoms with Crippen molar-refractivity contribution in [1.29, 1.82) is 0 Å². The van der Waals surface area contributed by atoms with Crippen LogP contribution in [-0.4, -0.2) is 19.2 Å². The molecule has 2 aromatic carbocycles. The first kappa shape index (κ1) is 16.7. The molecule has 0 bridgehead atoms. The number of fused-ring (bicyclic) bond motifs is 4. The van der Waals surface area contributed by atoms with Crippen molar-refractivity contribution in [2.45, 2.75) is 25.7 Å². The lowest BCUT2D eigenvalue weighted by Crippen LogP contribution is -2.17. The monoisotopic (exact) mass is 398 g/mol. The zero-order valence-electron chi connectivity index (χ0n) is 15.7. The van der Waals surface area contributed by atoms with Crippen LogP contribution in [0.5, 0.6) is 0 Å². The SMILES string of the molecule is O=c1c2c3c(sc2nc2n(-c4ccccc4)nc(-c4ccccc4)n12)CCCC3. The van der Waals surface area contributed by atoms with Gasteiger partial charge in [0, 0.05) is 10.4 Å². The fourth-order valence-corrected chi connectivity index (χ4v) is 5.47. The average Bonchev–Trinajstić information content (AvgIpc) is 3.34. The van der Waals surface area contributed by atoms with Gasteiger partial charge in [0.25, 0.3) is 5.56 Å². The van der Waals surface area contributed by atoms with Crippen LogP contribution in [0.4, 0.5) is 0 Å². The van der Waals surface area contributed by atoms with Gasteiger partial charge < -0.3 is 0 Å². The van der Waals surface area contributed by atoms with Gasteiger partial charge in [-0.3, -0.25) is 4.79 Å². The highest BCUT2D eigenvalue weighted by molar-refractivity contribution is 7.18. The first-order chi connectivity index (χ1) is 14.3. The highest BCUT2D eigenvalue weighted by atomic mass is 32.1. The Morgan fingerprint density at radius 2 is 1.62 bits per heavy atom. The molecule has 1 aliphatic carbocycles. The van der Waals surface area contributed by atoms with E-state index in [1.165, 1.54) is 16.9 Å². The standard InChI is InChI=1S/C23H18N4OS/c28-22-19-17-13-7-8-14-18(17)29-21(19)24-23-26(22)20(15-9-3-1-4-10-15)25-27(23)16-11-5-2-6-12-16/h1-6,9-12H,7-8,13-14H2. The second-order valence-electron chi connectivity index (χ2n) is 7.38. The van der Waals surface area contributed by atoms with Crippen LogP contribution >= 0.6 is 11.3 Å². The second-order valence-corrected chi connectivity index (χ2v) is 8.46. The Hall–Kier alpha value is -3.25. The van der Waals surface area contributed by atoms with Gasteiger partial charge in [0.15, 0.2) is 5.82 Å². The van der Waals surface area contributed by atoms with Crippen LogP contribution in [0.1, 0.15) is 23.3 Å². The lowest BCUT2D eigenvalue weighted by molar-refractivity contribution is 0.700. The Kier molecular flexibility index (Phi) is 3.67. The summed E-state index contributed by atoms with van der Waals surface area (Å²) in [5.74, 6) is 1.19. The molecule has 0 radical (unpaired) electrons. The van der Waals surface area contributed by atoms with Gasteiger partial charge in [0.2, 0.25) is 5.78 Å². The van der Waals surface area contributed by atoms with Crippen molar-refractivity contribution in [2.24, 2.45) is 0 Å². The quantitative estimate of drug-likeness (QED) is 0.435. The minimum absolute atomic E-state index is 0.00886. The molecule has 142 valence electrons. The van der Waals surface area contributed by atoms with Crippen molar-refractivity contribution in [2.75, 3.05) is 0 Å². The molecule has 6 rings (SSSR count). The molecule has 0 amide bonds. The Bertz CT molecular complexity index is 1410. The minimum Gasteiger partial charge on any atom is -0.268 e. The molecule has 0 spiro atoms. The summed E-state index contributed by atoms with van der Waals surface area (Å²) in [5.41, 5.74) is 2.99. The van der Waals surface area contributed by atoms with Gasteiger partial charge in [-0.05, 0) is 43.4 Å². The van der Waals surface area contributed by atoms with Gasteiger partial charge in [-0.1, -0.05) is 48.5 Å². The summed E-state index contributed by atoms with van der Waals surface area (Å²) < 4.78 is 3.47. The van der Waals surface area contributed by atoms with E-state index in [0.717, 1.165) is 40.7 Å². The molecule has 3 aromatic heterocycles. The molecular formula is C23H18N4OS. The topological polar surface area (TPSA) is 52.2 Å². The molecule has 3 heterocycles. The van der Waals surface area contributed by atoms with Gasteiger partial charge in [0.1, 0.15) is 4.83 Å². The van der Waals surface area contributed by atoms with E-state index in [1.807, 2.05) is 60.7 Å². The van der Waals surface area contributed by atoms with Crippen molar-refractivity contribution in [3.05, 3.63) is 81.5 Å². The number of aryl methyl sites for hydroxylation is 2. The zero-order chi connectivity index (χ0) is 19.4. The summed E-state index contributed by atoms with van der Waals surface area (Å²) in [6.07, 6.45) is 4.34. The summed E-state index contributed by atoms with van der Waals surface area (Å²) in [7, 11) is 0. The molecule has 0 saturated heterocycles. The molecule has 29 heavy (non-hydrogen) atoms. The maximum absolute atomic E-state index is 13.7. The van der Waals surface area contributed by atoms with Crippen molar-refractivity contribution in [1.82, 2.24) is 19.2 Å². The third-order valence-corrected chi connectivity index (χ3v) is 6.79. The van der Waals surface area contributed by atoms with E-state index in [2.05, 4.69) is 0 Å². The maximum Gasteiger partial charge on any atom is 0.269 e. The number of benzene rings is 2. The lowest BCUT2D eigenvalue weighted by atomic mass is 9.97. The Balaban J connectivity index is 1.76. The Morgan fingerprint density at radius 3 is 2.41 bits per heavy atom.